The predicted octanol–water partition coefficient (Wildman–Crippen LogP) is 3.66. The van der Waals surface area contributed by atoms with Crippen molar-refractivity contribution in [2.45, 2.75) is 95.8 Å². The van der Waals surface area contributed by atoms with Crippen molar-refractivity contribution in [2.75, 3.05) is 0 Å². The van der Waals surface area contributed by atoms with Crippen molar-refractivity contribution in [3.8, 4) is 0 Å². The molecule has 0 bridgehead atoms. The smallest absolute Gasteiger partial charge is 0.744 e. The summed E-state index contributed by atoms with van der Waals surface area (Å²) in [5, 5.41) is 0. The van der Waals surface area contributed by atoms with E-state index in [0.29, 0.717) is 0 Å². The fourth-order valence-electron chi connectivity index (χ4n) is 3.24. The number of ether oxygens (including phenoxy) is 2. The molecule has 0 aliphatic heterocycles. The molecule has 0 atom stereocenters. The summed E-state index contributed by atoms with van der Waals surface area (Å²) >= 11 is 0. The Hall–Kier alpha value is -1.45. The van der Waals surface area contributed by atoms with Gasteiger partial charge in [-0.05, 0) is 56.0 Å². The van der Waals surface area contributed by atoms with Gasteiger partial charge in [-0.15, -0.1) is 0 Å². The molecule has 0 saturated carbocycles. The van der Waals surface area contributed by atoms with Crippen molar-refractivity contribution in [1.29, 1.82) is 0 Å². The normalized spacial score (nSPS) is 11.5. The Labute approximate surface area is 232 Å². The molecule has 35 heavy (non-hydrogen) atoms. The van der Waals surface area contributed by atoms with Gasteiger partial charge >= 0.3 is 41.5 Å². The van der Waals surface area contributed by atoms with Crippen LogP contribution in [0, 0.1) is 0 Å². The first-order valence-corrected chi connectivity index (χ1v) is 13.5. The topological polar surface area (TPSA) is 110 Å². The Morgan fingerprint density at radius 2 is 1.23 bits per heavy atom. The van der Waals surface area contributed by atoms with Gasteiger partial charge in [0, 0.05) is 0 Å². The molecule has 0 unspecified atom stereocenters. The first kappa shape index (κ1) is 33.5. The second kappa shape index (κ2) is 19.7. The third-order valence-corrected chi connectivity index (χ3v) is 6.04. The standard InChI is InChI=1S/C26H38O7S.Na/c1-3-5-7-9-11-13-15-19-32-25(27)23-18-17-22(34(29,30)31)21-24(23)26(28)33-20-16-14-12-10-8-6-4-2;/h15-21H,3-14H2,1-2H3,(H,29,30,31);/q;+1/p-1/b19-15+,20-16+;. The zero-order valence-corrected chi connectivity index (χ0v) is 24.1. The molecule has 0 heterocycles. The maximum absolute atomic E-state index is 12.5. The molecule has 0 radical (unpaired) electrons. The summed E-state index contributed by atoms with van der Waals surface area (Å²) in [6.45, 7) is 4.29. The van der Waals surface area contributed by atoms with E-state index in [2.05, 4.69) is 13.8 Å². The Morgan fingerprint density at radius 3 is 1.69 bits per heavy atom. The second-order valence-corrected chi connectivity index (χ2v) is 9.50. The number of carbonyl (C=O) groups excluding carboxylic acids is 2. The van der Waals surface area contributed by atoms with Crippen molar-refractivity contribution in [3.63, 3.8) is 0 Å². The summed E-state index contributed by atoms with van der Waals surface area (Å²) in [5.74, 6) is -1.79. The molecule has 0 amide bonds. The van der Waals surface area contributed by atoms with Crippen LogP contribution in [0.25, 0.3) is 0 Å². The van der Waals surface area contributed by atoms with Crippen molar-refractivity contribution >= 4 is 22.1 Å². The molecule has 0 saturated heterocycles. The predicted molar refractivity (Wildman–Crippen MR) is 130 cm³/mol. The van der Waals surface area contributed by atoms with Crippen LogP contribution < -0.4 is 29.6 Å². The molecular formula is C26H37NaO7S. The molecule has 0 spiro atoms. The van der Waals surface area contributed by atoms with E-state index in [1.807, 2.05) is 0 Å². The van der Waals surface area contributed by atoms with Crippen molar-refractivity contribution in [2.24, 2.45) is 0 Å². The zero-order chi connectivity index (χ0) is 25.2. The van der Waals surface area contributed by atoms with Crippen LogP contribution in [0.3, 0.4) is 0 Å². The quantitative estimate of drug-likeness (QED) is 0.102. The number of hydrogen-bond donors (Lipinski definition) is 0. The van der Waals surface area contributed by atoms with E-state index in [9.17, 15) is 22.6 Å². The minimum absolute atomic E-state index is 0. The van der Waals surface area contributed by atoms with Gasteiger partial charge in [-0.3, -0.25) is 0 Å². The number of rotatable bonds is 17. The van der Waals surface area contributed by atoms with Crippen LogP contribution >= 0.6 is 0 Å². The van der Waals surface area contributed by atoms with E-state index in [1.54, 1.807) is 12.2 Å². The summed E-state index contributed by atoms with van der Waals surface area (Å²) < 4.78 is 44.3. The molecule has 9 heteroatoms. The number of carbonyl (C=O) groups is 2. The fraction of sp³-hybridized carbons (Fsp3) is 0.538. The third-order valence-electron chi connectivity index (χ3n) is 5.21. The Kier molecular flexibility index (Phi) is 18.9. The number of benzene rings is 1. The van der Waals surface area contributed by atoms with Crippen LogP contribution in [-0.2, 0) is 19.6 Å². The fourth-order valence-corrected chi connectivity index (χ4v) is 3.74. The molecule has 0 aliphatic carbocycles. The molecule has 1 aromatic carbocycles. The summed E-state index contributed by atoms with van der Waals surface area (Å²) in [6, 6.07) is 2.90. The first-order chi connectivity index (χ1) is 16.3. The maximum Gasteiger partial charge on any atom is 1.00 e. The zero-order valence-electron chi connectivity index (χ0n) is 21.3. The molecule has 0 aromatic heterocycles. The van der Waals surface area contributed by atoms with E-state index in [1.165, 1.54) is 31.8 Å². The number of allylic oxidation sites excluding steroid dienone is 2. The molecule has 7 nitrogen and oxygen atoms in total. The molecular weight excluding hydrogens is 479 g/mol. The van der Waals surface area contributed by atoms with E-state index in [-0.39, 0.29) is 40.7 Å². The average molecular weight is 517 g/mol. The largest absolute Gasteiger partial charge is 1.00 e. The minimum Gasteiger partial charge on any atom is -0.744 e. The van der Waals surface area contributed by atoms with Gasteiger partial charge in [0.2, 0.25) is 0 Å². The van der Waals surface area contributed by atoms with Gasteiger partial charge in [0.25, 0.3) is 0 Å². The monoisotopic (exact) mass is 516 g/mol. The van der Waals surface area contributed by atoms with Gasteiger partial charge < -0.3 is 14.0 Å². The van der Waals surface area contributed by atoms with Crippen LogP contribution in [0.15, 0.2) is 47.8 Å². The molecule has 0 aliphatic rings. The van der Waals surface area contributed by atoms with E-state index in [4.69, 9.17) is 9.47 Å². The number of esters is 2. The van der Waals surface area contributed by atoms with Crippen LogP contribution in [0.2, 0.25) is 0 Å². The van der Waals surface area contributed by atoms with Crippen LogP contribution in [0.5, 0.6) is 0 Å². The Morgan fingerprint density at radius 1 is 0.771 bits per heavy atom. The van der Waals surface area contributed by atoms with Gasteiger partial charge in [0.05, 0.1) is 28.5 Å². The third kappa shape index (κ3) is 14.6. The van der Waals surface area contributed by atoms with Crippen molar-refractivity contribution < 1.29 is 61.6 Å². The van der Waals surface area contributed by atoms with Gasteiger partial charge in [-0.2, -0.15) is 0 Å². The summed E-state index contributed by atoms with van der Waals surface area (Å²) in [4.78, 5) is 24.4. The van der Waals surface area contributed by atoms with E-state index >= 15 is 0 Å². The number of hydrogen-bond acceptors (Lipinski definition) is 7. The van der Waals surface area contributed by atoms with Crippen molar-refractivity contribution in [3.05, 3.63) is 54.0 Å². The van der Waals surface area contributed by atoms with Gasteiger partial charge in [-0.25, -0.2) is 18.0 Å². The summed E-state index contributed by atoms with van der Waals surface area (Å²) in [5.41, 5.74) is -0.527. The molecule has 1 aromatic rings. The average Bonchev–Trinajstić information content (AvgIpc) is 2.81. The summed E-state index contributed by atoms with van der Waals surface area (Å²) in [6.07, 6.45) is 18.5. The van der Waals surface area contributed by atoms with Gasteiger partial charge in [0.15, 0.2) is 0 Å². The SMILES string of the molecule is CCCCCCC/C=C/OC(=O)c1ccc(S(=O)(=O)[O-])cc1C(=O)O/C=C/CCCCCCC.[Na+]. The van der Waals surface area contributed by atoms with Crippen LogP contribution in [0.4, 0.5) is 0 Å². The second-order valence-electron chi connectivity index (χ2n) is 8.12. The van der Waals surface area contributed by atoms with Crippen molar-refractivity contribution in [1.82, 2.24) is 0 Å². The molecule has 0 fully saturated rings. The molecule has 190 valence electrons. The van der Waals surface area contributed by atoms with E-state index < -0.39 is 27.0 Å². The van der Waals surface area contributed by atoms with Gasteiger partial charge in [-0.1, -0.05) is 65.2 Å². The van der Waals surface area contributed by atoms with Crippen LogP contribution in [0.1, 0.15) is 112 Å². The van der Waals surface area contributed by atoms with Gasteiger partial charge in [0.1, 0.15) is 10.1 Å². The maximum atomic E-state index is 12.5. The van der Waals surface area contributed by atoms with Crippen LogP contribution in [-0.4, -0.2) is 24.9 Å². The number of unbranched alkanes of at least 4 members (excludes halogenated alkanes) is 10. The first-order valence-electron chi connectivity index (χ1n) is 12.1. The molecule has 1 rings (SSSR count). The summed E-state index contributed by atoms with van der Waals surface area (Å²) in [7, 11) is -4.82. The molecule has 0 N–H and O–H groups in total. The van der Waals surface area contributed by atoms with E-state index in [0.717, 1.165) is 76.0 Å². The Balaban J connectivity index is 0.0000116. The minimum atomic E-state index is -4.82. The Bertz CT molecular complexity index is 924.